The van der Waals surface area contributed by atoms with E-state index in [4.69, 9.17) is 15.2 Å². The molecule has 1 atom stereocenters. The van der Waals surface area contributed by atoms with Gasteiger partial charge in [0.05, 0.1) is 14.2 Å². The number of methoxy groups -OCH3 is 2. The zero-order valence-corrected chi connectivity index (χ0v) is 19.9. The van der Waals surface area contributed by atoms with Crippen LogP contribution >= 0.6 is 0 Å². The fraction of sp³-hybridized carbons (Fsp3) is 0.222. The van der Waals surface area contributed by atoms with Gasteiger partial charge in [0.15, 0.2) is 11.5 Å². The van der Waals surface area contributed by atoms with E-state index in [9.17, 15) is 18.0 Å². The maximum Gasteiger partial charge on any atom is 0.573 e. The summed E-state index contributed by atoms with van der Waals surface area (Å²) in [6.45, 7) is 4.01. The smallest absolute Gasteiger partial charge is 0.493 e. The lowest BCUT2D eigenvalue weighted by molar-refractivity contribution is -0.274. The lowest BCUT2D eigenvalue weighted by atomic mass is 9.94. The fourth-order valence-corrected chi connectivity index (χ4v) is 3.79. The van der Waals surface area contributed by atoms with Gasteiger partial charge in [0, 0.05) is 17.9 Å². The van der Waals surface area contributed by atoms with Gasteiger partial charge in [-0.25, -0.2) is 0 Å². The largest absolute Gasteiger partial charge is 0.573 e. The third-order valence-electron chi connectivity index (χ3n) is 5.47. The molecular weight excluding hydrogens is 473 g/mol. The number of alkyl halides is 3. The average Bonchev–Trinajstić information content (AvgIpc) is 2.84. The standard InChI is InChI=1S/C27H27F3N2O4/c1-18(31)25(20-7-5-4-6-8-20)26(33)32(21-10-12-22(13-11-21)36-27(28,29)30)16-15-19-9-14-23(34-2)24(17-19)35-3/h4-14,17,25H,1,15-16,31H2,2-3H3. The van der Waals surface area contributed by atoms with Crippen molar-refractivity contribution < 1.29 is 32.2 Å². The summed E-state index contributed by atoms with van der Waals surface area (Å²) < 4.78 is 52.4. The van der Waals surface area contributed by atoms with E-state index in [2.05, 4.69) is 11.3 Å². The molecule has 3 rings (SSSR count). The summed E-state index contributed by atoms with van der Waals surface area (Å²) in [4.78, 5) is 15.2. The van der Waals surface area contributed by atoms with Crippen molar-refractivity contribution in [3.63, 3.8) is 0 Å². The summed E-state index contributed by atoms with van der Waals surface area (Å²) in [5, 5.41) is 0. The molecule has 0 heterocycles. The fourth-order valence-electron chi connectivity index (χ4n) is 3.79. The summed E-state index contributed by atoms with van der Waals surface area (Å²) >= 11 is 0. The second-order valence-electron chi connectivity index (χ2n) is 7.89. The minimum Gasteiger partial charge on any atom is -0.493 e. The molecule has 1 unspecified atom stereocenters. The van der Waals surface area contributed by atoms with Gasteiger partial charge in [0.25, 0.3) is 0 Å². The van der Waals surface area contributed by atoms with Crippen LogP contribution < -0.4 is 24.8 Å². The highest BCUT2D eigenvalue weighted by Gasteiger charge is 2.32. The molecule has 3 aromatic carbocycles. The van der Waals surface area contributed by atoms with Crippen LogP contribution in [0.1, 0.15) is 17.0 Å². The van der Waals surface area contributed by atoms with E-state index in [1.165, 1.54) is 31.3 Å². The number of hydrogen-bond acceptors (Lipinski definition) is 5. The summed E-state index contributed by atoms with van der Waals surface area (Å²) in [7, 11) is 3.06. The Bertz CT molecular complexity index is 1180. The molecule has 2 N–H and O–H groups in total. The zero-order chi connectivity index (χ0) is 26.3. The van der Waals surface area contributed by atoms with Gasteiger partial charge in [-0.3, -0.25) is 4.79 Å². The Balaban J connectivity index is 1.94. The Morgan fingerprint density at radius 1 is 0.972 bits per heavy atom. The summed E-state index contributed by atoms with van der Waals surface area (Å²) in [6, 6.07) is 19.5. The number of amides is 1. The van der Waals surface area contributed by atoms with Gasteiger partial charge in [-0.15, -0.1) is 13.2 Å². The molecule has 0 aliphatic rings. The second-order valence-corrected chi connectivity index (χ2v) is 7.89. The predicted molar refractivity (Wildman–Crippen MR) is 131 cm³/mol. The molecule has 190 valence electrons. The normalized spacial score (nSPS) is 11.9. The van der Waals surface area contributed by atoms with Gasteiger partial charge >= 0.3 is 6.36 Å². The first-order valence-corrected chi connectivity index (χ1v) is 11.0. The predicted octanol–water partition coefficient (Wildman–Crippen LogP) is 5.43. The SMILES string of the molecule is C=C(N)C(C(=O)N(CCc1ccc(OC)c(OC)c1)c1ccc(OC(F)(F)F)cc1)c1ccccc1. The number of hydrogen-bond donors (Lipinski definition) is 1. The van der Waals surface area contributed by atoms with Crippen molar-refractivity contribution in [3.8, 4) is 17.2 Å². The molecule has 0 saturated heterocycles. The Morgan fingerprint density at radius 2 is 1.61 bits per heavy atom. The number of nitrogens with zero attached hydrogens (tertiary/aromatic N) is 1. The third kappa shape index (κ3) is 6.71. The molecule has 0 aliphatic carbocycles. The monoisotopic (exact) mass is 500 g/mol. The van der Waals surface area contributed by atoms with Crippen LogP contribution in [0, 0.1) is 0 Å². The van der Waals surface area contributed by atoms with Crippen molar-refractivity contribution in [2.75, 3.05) is 25.7 Å². The molecule has 0 aliphatic heterocycles. The van der Waals surface area contributed by atoms with Crippen molar-refractivity contribution in [2.24, 2.45) is 5.73 Å². The molecule has 0 radical (unpaired) electrons. The Morgan fingerprint density at radius 3 is 2.17 bits per heavy atom. The summed E-state index contributed by atoms with van der Waals surface area (Å²) in [6.07, 6.45) is -4.40. The van der Waals surface area contributed by atoms with E-state index in [0.717, 1.165) is 17.7 Å². The van der Waals surface area contributed by atoms with Crippen molar-refractivity contribution in [1.82, 2.24) is 0 Å². The molecule has 0 spiro atoms. The van der Waals surface area contributed by atoms with Crippen LogP contribution in [-0.2, 0) is 11.2 Å². The van der Waals surface area contributed by atoms with Crippen LogP contribution in [0.5, 0.6) is 17.2 Å². The van der Waals surface area contributed by atoms with Gasteiger partial charge < -0.3 is 24.8 Å². The van der Waals surface area contributed by atoms with E-state index in [-0.39, 0.29) is 23.9 Å². The molecule has 9 heteroatoms. The van der Waals surface area contributed by atoms with E-state index in [1.54, 1.807) is 36.4 Å². The number of ether oxygens (including phenoxy) is 3. The molecule has 0 bridgehead atoms. The molecule has 3 aromatic rings. The Labute approximate surface area is 207 Å². The highest BCUT2D eigenvalue weighted by Crippen LogP contribution is 2.31. The molecule has 0 saturated carbocycles. The first-order chi connectivity index (χ1) is 17.1. The summed E-state index contributed by atoms with van der Waals surface area (Å²) in [5.74, 6) is -0.486. The van der Waals surface area contributed by atoms with Crippen LogP contribution in [-0.4, -0.2) is 33.0 Å². The molecule has 0 fully saturated rings. The van der Waals surface area contributed by atoms with Gasteiger partial charge in [0.2, 0.25) is 5.91 Å². The van der Waals surface area contributed by atoms with Gasteiger partial charge in [-0.05, 0) is 53.9 Å². The van der Waals surface area contributed by atoms with Crippen molar-refractivity contribution >= 4 is 11.6 Å². The van der Waals surface area contributed by atoms with E-state index in [0.29, 0.717) is 29.2 Å². The molecule has 1 amide bonds. The Kier molecular flexibility index (Phi) is 8.47. The van der Waals surface area contributed by atoms with Gasteiger partial charge in [-0.2, -0.15) is 0 Å². The van der Waals surface area contributed by atoms with Crippen molar-refractivity contribution in [3.05, 3.63) is 96.2 Å². The maximum absolute atomic E-state index is 13.8. The lowest BCUT2D eigenvalue weighted by Crippen LogP contribution is -2.38. The molecular formula is C27H27F3N2O4. The topological polar surface area (TPSA) is 74.0 Å². The average molecular weight is 501 g/mol. The van der Waals surface area contributed by atoms with Crippen LogP contribution in [0.25, 0.3) is 0 Å². The minimum atomic E-state index is -4.82. The Hall–Kier alpha value is -4.14. The summed E-state index contributed by atoms with van der Waals surface area (Å²) in [5.41, 5.74) is 8.10. The first kappa shape index (κ1) is 26.5. The van der Waals surface area contributed by atoms with Gasteiger partial charge in [0.1, 0.15) is 11.7 Å². The number of rotatable bonds is 10. The number of nitrogens with two attached hydrogens (primary N) is 1. The van der Waals surface area contributed by atoms with E-state index < -0.39 is 12.3 Å². The van der Waals surface area contributed by atoms with Crippen LogP contribution in [0.2, 0.25) is 0 Å². The van der Waals surface area contributed by atoms with E-state index >= 15 is 0 Å². The number of halogens is 3. The first-order valence-electron chi connectivity index (χ1n) is 11.0. The quantitative estimate of drug-likeness (QED) is 0.402. The van der Waals surface area contributed by atoms with Crippen LogP contribution in [0.4, 0.5) is 18.9 Å². The van der Waals surface area contributed by atoms with Crippen molar-refractivity contribution in [1.29, 1.82) is 0 Å². The maximum atomic E-state index is 13.8. The number of carbonyl (C=O) groups excluding carboxylic acids is 1. The highest BCUT2D eigenvalue weighted by atomic mass is 19.4. The minimum absolute atomic E-state index is 0.152. The number of anilines is 1. The number of benzene rings is 3. The van der Waals surface area contributed by atoms with Gasteiger partial charge in [-0.1, -0.05) is 43.0 Å². The van der Waals surface area contributed by atoms with Crippen molar-refractivity contribution in [2.45, 2.75) is 18.7 Å². The molecule has 36 heavy (non-hydrogen) atoms. The van der Waals surface area contributed by atoms with E-state index in [1.807, 2.05) is 12.1 Å². The molecule has 0 aromatic heterocycles. The lowest BCUT2D eigenvalue weighted by Gasteiger charge is -2.28. The number of carbonyl (C=O) groups is 1. The second kappa shape index (κ2) is 11.5. The van der Waals surface area contributed by atoms with Crippen LogP contribution in [0.3, 0.4) is 0 Å². The highest BCUT2D eigenvalue weighted by molar-refractivity contribution is 6.00. The molecule has 6 nitrogen and oxygen atoms in total. The zero-order valence-electron chi connectivity index (χ0n) is 19.9. The third-order valence-corrected chi connectivity index (χ3v) is 5.47. The van der Waals surface area contributed by atoms with Crippen LogP contribution in [0.15, 0.2) is 85.1 Å².